The molecule has 0 saturated carbocycles. The third-order valence-corrected chi connectivity index (χ3v) is 5.60. The first-order valence-electron chi connectivity index (χ1n) is 6.89. The molecule has 0 aromatic heterocycles. The third-order valence-electron chi connectivity index (χ3n) is 3.84. The van der Waals surface area contributed by atoms with Gasteiger partial charge in [-0.15, -0.1) is 0 Å². The highest BCUT2D eigenvalue weighted by molar-refractivity contribution is 7.91. The molecule has 1 fully saturated rings. The van der Waals surface area contributed by atoms with E-state index >= 15 is 0 Å². The maximum absolute atomic E-state index is 14.3. The molecule has 5 heteroatoms. The lowest BCUT2D eigenvalue weighted by Crippen LogP contribution is -2.10. The van der Waals surface area contributed by atoms with E-state index in [9.17, 15) is 12.8 Å². The number of hydrogen-bond donors (Lipinski definition) is 1. The lowest BCUT2D eigenvalue weighted by Gasteiger charge is -2.12. The predicted octanol–water partition coefficient (Wildman–Crippen LogP) is 2.98. The summed E-state index contributed by atoms with van der Waals surface area (Å²) in [6.45, 7) is 1.61. The Balaban J connectivity index is 0.00000176. The maximum atomic E-state index is 14.3. The largest absolute Gasteiger partial charge is 0.316 e. The summed E-state index contributed by atoms with van der Waals surface area (Å²) >= 11 is 0. The number of nitrogens with one attached hydrogen (secondary N) is 1. The molecule has 0 spiro atoms. The highest BCUT2D eigenvalue weighted by Crippen LogP contribution is 2.28. The van der Waals surface area contributed by atoms with Gasteiger partial charge in [-0.2, -0.15) is 0 Å². The van der Waals surface area contributed by atoms with Gasteiger partial charge in [0.25, 0.3) is 0 Å². The summed E-state index contributed by atoms with van der Waals surface area (Å²) in [5.74, 6) is -0.320. The van der Waals surface area contributed by atoms with Crippen molar-refractivity contribution in [1.29, 1.82) is 0 Å². The topological polar surface area (TPSA) is 46.2 Å². The van der Waals surface area contributed by atoms with E-state index in [2.05, 4.69) is 5.32 Å². The Labute approximate surface area is 125 Å². The predicted molar refractivity (Wildman–Crippen MR) is 80.6 cm³/mol. The second kappa shape index (κ2) is 5.58. The highest BCUT2D eigenvalue weighted by Gasteiger charge is 2.23. The molecule has 2 aromatic carbocycles. The maximum Gasteiger partial charge on any atom is 0.206 e. The van der Waals surface area contributed by atoms with Crippen LogP contribution in [0.4, 0.5) is 4.39 Å². The fourth-order valence-corrected chi connectivity index (χ4v) is 3.96. The number of hydrogen-bond acceptors (Lipinski definition) is 3. The first kappa shape index (κ1) is 14.2. The zero-order valence-corrected chi connectivity index (χ0v) is 12.2. The summed E-state index contributed by atoms with van der Waals surface area (Å²) in [7, 11) is -3.66. The van der Waals surface area contributed by atoms with Crippen LogP contribution in [-0.4, -0.2) is 21.5 Å². The van der Waals surface area contributed by atoms with E-state index < -0.39 is 15.7 Å². The standard InChI is InChI=1S/C16H16FNO2S.H2/c17-16-10-14(6-7-15(16)12-8-9-18-11-12)21(19,20)13-4-2-1-3-5-13;/h1-7,10,12,18H,8-9,11H2;1H. The molecule has 1 atom stereocenters. The molecule has 21 heavy (non-hydrogen) atoms. The number of benzene rings is 2. The molecule has 1 unspecified atom stereocenters. The van der Waals surface area contributed by atoms with Crippen LogP contribution in [-0.2, 0) is 9.84 Å². The molecule has 0 amide bonds. The van der Waals surface area contributed by atoms with Crippen molar-refractivity contribution in [3.8, 4) is 0 Å². The number of halogens is 1. The quantitative estimate of drug-likeness (QED) is 0.948. The molecule has 112 valence electrons. The monoisotopic (exact) mass is 307 g/mol. The minimum atomic E-state index is -3.66. The highest BCUT2D eigenvalue weighted by atomic mass is 32.2. The summed E-state index contributed by atoms with van der Waals surface area (Å²) in [4.78, 5) is 0.181. The fraction of sp³-hybridized carbons (Fsp3) is 0.250. The van der Waals surface area contributed by atoms with Crippen LogP contribution in [0, 0.1) is 5.82 Å². The second-order valence-electron chi connectivity index (χ2n) is 5.19. The molecule has 2 aromatic rings. The van der Waals surface area contributed by atoms with Crippen LogP contribution in [0.15, 0.2) is 58.3 Å². The van der Waals surface area contributed by atoms with E-state index in [1.807, 2.05) is 0 Å². The van der Waals surface area contributed by atoms with Crippen molar-refractivity contribution in [1.82, 2.24) is 5.32 Å². The van der Waals surface area contributed by atoms with Crippen LogP contribution >= 0.6 is 0 Å². The minimum absolute atomic E-state index is 0. The van der Waals surface area contributed by atoms with E-state index in [-0.39, 0.29) is 17.1 Å². The summed E-state index contributed by atoms with van der Waals surface area (Å²) in [5.41, 5.74) is 0.590. The zero-order valence-electron chi connectivity index (χ0n) is 11.4. The van der Waals surface area contributed by atoms with Gasteiger partial charge in [-0.3, -0.25) is 0 Å². The lowest BCUT2D eigenvalue weighted by molar-refractivity contribution is 0.576. The Bertz CT molecular complexity index is 744. The Hall–Kier alpha value is -1.72. The molecule has 1 N–H and O–H groups in total. The van der Waals surface area contributed by atoms with Gasteiger partial charge in [0, 0.05) is 13.9 Å². The van der Waals surface area contributed by atoms with Crippen molar-refractivity contribution in [2.75, 3.05) is 13.1 Å². The smallest absolute Gasteiger partial charge is 0.206 e. The molecule has 3 nitrogen and oxygen atoms in total. The minimum Gasteiger partial charge on any atom is -0.316 e. The molecule has 1 saturated heterocycles. The summed E-state index contributed by atoms with van der Waals surface area (Å²) < 4.78 is 39.1. The fourth-order valence-electron chi connectivity index (χ4n) is 2.66. The van der Waals surface area contributed by atoms with E-state index in [4.69, 9.17) is 0 Å². The molecule has 3 rings (SSSR count). The van der Waals surface area contributed by atoms with Crippen molar-refractivity contribution in [2.45, 2.75) is 22.1 Å². The zero-order chi connectivity index (χ0) is 14.9. The Morgan fingerprint density at radius 2 is 1.86 bits per heavy atom. The van der Waals surface area contributed by atoms with Gasteiger partial charge < -0.3 is 5.32 Å². The first-order chi connectivity index (χ1) is 10.1. The summed E-state index contributed by atoms with van der Waals surface area (Å²) in [6, 6.07) is 12.3. The van der Waals surface area contributed by atoms with Gasteiger partial charge in [-0.1, -0.05) is 24.3 Å². The molecule has 0 radical (unpaired) electrons. The SMILES string of the molecule is O=S(=O)(c1ccccc1)c1ccc(C2CCNC2)c(F)c1.[HH]. The summed E-state index contributed by atoms with van der Waals surface area (Å²) in [5, 5.41) is 3.18. The van der Waals surface area contributed by atoms with Gasteiger partial charge in [0.1, 0.15) is 5.82 Å². The Morgan fingerprint density at radius 3 is 2.48 bits per heavy atom. The molecule has 1 aliphatic heterocycles. The van der Waals surface area contributed by atoms with E-state index in [0.717, 1.165) is 25.6 Å². The second-order valence-corrected chi connectivity index (χ2v) is 7.14. The molecular weight excluding hydrogens is 289 g/mol. The van der Waals surface area contributed by atoms with Crippen LogP contribution in [0.1, 0.15) is 19.3 Å². The Morgan fingerprint density at radius 1 is 1.10 bits per heavy atom. The van der Waals surface area contributed by atoms with E-state index in [0.29, 0.717) is 5.56 Å². The lowest BCUT2D eigenvalue weighted by atomic mass is 9.98. The number of rotatable bonds is 3. The van der Waals surface area contributed by atoms with Crippen LogP contribution in [0.2, 0.25) is 0 Å². The van der Waals surface area contributed by atoms with Crippen molar-refractivity contribution in [2.24, 2.45) is 0 Å². The van der Waals surface area contributed by atoms with Crippen molar-refractivity contribution >= 4 is 9.84 Å². The van der Waals surface area contributed by atoms with E-state index in [1.54, 1.807) is 24.3 Å². The van der Waals surface area contributed by atoms with Crippen molar-refractivity contribution < 1.29 is 14.2 Å². The van der Waals surface area contributed by atoms with Crippen molar-refractivity contribution in [3.63, 3.8) is 0 Å². The third kappa shape index (κ3) is 2.71. The molecule has 0 aliphatic carbocycles. The average molecular weight is 307 g/mol. The van der Waals surface area contributed by atoms with Crippen LogP contribution in [0.3, 0.4) is 0 Å². The number of sulfone groups is 1. The Kier molecular flexibility index (Phi) is 3.78. The van der Waals surface area contributed by atoms with Gasteiger partial charge in [-0.05, 0) is 42.8 Å². The first-order valence-corrected chi connectivity index (χ1v) is 8.37. The van der Waals surface area contributed by atoms with Crippen LogP contribution < -0.4 is 5.32 Å². The van der Waals surface area contributed by atoms with Gasteiger partial charge in [0.05, 0.1) is 9.79 Å². The van der Waals surface area contributed by atoms with Crippen molar-refractivity contribution in [3.05, 3.63) is 59.9 Å². The molecule has 1 heterocycles. The molecule has 1 aliphatic rings. The molecular formula is C16H18FNO2S. The normalized spacial score (nSPS) is 18.8. The van der Waals surface area contributed by atoms with Gasteiger partial charge in [0.15, 0.2) is 0 Å². The van der Waals surface area contributed by atoms with E-state index in [1.165, 1.54) is 18.2 Å². The van der Waals surface area contributed by atoms with Gasteiger partial charge >= 0.3 is 0 Å². The van der Waals surface area contributed by atoms with Crippen LogP contribution in [0.5, 0.6) is 0 Å². The summed E-state index contributed by atoms with van der Waals surface area (Å²) in [6.07, 6.45) is 0.877. The average Bonchev–Trinajstić information content (AvgIpc) is 3.02. The van der Waals surface area contributed by atoms with Crippen LogP contribution in [0.25, 0.3) is 0 Å². The van der Waals surface area contributed by atoms with Gasteiger partial charge in [0.2, 0.25) is 9.84 Å². The van der Waals surface area contributed by atoms with Gasteiger partial charge in [-0.25, -0.2) is 12.8 Å². The molecule has 0 bridgehead atoms.